The van der Waals surface area contributed by atoms with Crippen molar-refractivity contribution in [2.24, 2.45) is 5.92 Å². The van der Waals surface area contributed by atoms with Gasteiger partial charge in [-0.2, -0.15) is 0 Å². The molecule has 1 saturated carbocycles. The number of carbonyl (C=O) groups excluding carboxylic acids is 2. The molecule has 0 radical (unpaired) electrons. The minimum absolute atomic E-state index is 0.0184. The van der Waals surface area contributed by atoms with Gasteiger partial charge in [0.2, 0.25) is 11.8 Å². The van der Waals surface area contributed by atoms with Crippen molar-refractivity contribution in [3.05, 3.63) is 0 Å². The number of rotatable bonds is 5. The summed E-state index contributed by atoms with van der Waals surface area (Å²) in [4.78, 5) is 25.2. The molecule has 2 aliphatic rings. The Bertz CT molecular complexity index is 345. The molecule has 1 aliphatic carbocycles. The van der Waals surface area contributed by atoms with Crippen molar-refractivity contribution < 1.29 is 14.7 Å². The van der Waals surface area contributed by atoms with Crippen LogP contribution in [0.4, 0.5) is 0 Å². The van der Waals surface area contributed by atoms with E-state index in [1.807, 2.05) is 6.92 Å². The minimum Gasteiger partial charge on any atom is -0.386 e. The predicted octanol–water partition coefficient (Wildman–Crippen LogP) is 0.666. The minimum atomic E-state index is -0.678. The molecule has 19 heavy (non-hydrogen) atoms. The van der Waals surface area contributed by atoms with E-state index in [1.54, 1.807) is 4.90 Å². The van der Waals surface area contributed by atoms with Crippen molar-refractivity contribution in [2.75, 3.05) is 19.6 Å². The zero-order valence-corrected chi connectivity index (χ0v) is 11.7. The van der Waals surface area contributed by atoms with E-state index >= 15 is 0 Å². The molecule has 2 N–H and O–H groups in total. The third-order valence-electron chi connectivity index (χ3n) is 4.35. The van der Waals surface area contributed by atoms with Gasteiger partial charge in [-0.25, -0.2) is 0 Å². The molecular weight excluding hydrogens is 244 g/mol. The topological polar surface area (TPSA) is 69.6 Å². The zero-order chi connectivity index (χ0) is 13.9. The molecule has 2 fully saturated rings. The standard InChI is InChI=1S/C14H24N2O3/c1-2-14(19)9-16(10-14)12(17)7-8-15-13(18)11-5-3-4-6-11/h11,19H,2-10H2,1H3,(H,15,18). The van der Waals surface area contributed by atoms with E-state index in [2.05, 4.69) is 5.32 Å². The van der Waals surface area contributed by atoms with Crippen LogP contribution in [-0.4, -0.2) is 47.1 Å². The molecule has 108 valence electrons. The van der Waals surface area contributed by atoms with Crippen LogP contribution in [0, 0.1) is 5.92 Å². The number of carbonyl (C=O) groups is 2. The van der Waals surface area contributed by atoms with Crippen molar-refractivity contribution >= 4 is 11.8 Å². The number of β-amino-alcohol motifs (C(OH)–C–C–N with tert-alkyl or cyclic N) is 1. The Morgan fingerprint density at radius 1 is 1.32 bits per heavy atom. The third kappa shape index (κ3) is 3.47. The molecular formula is C14H24N2O3. The van der Waals surface area contributed by atoms with E-state index in [0.29, 0.717) is 32.5 Å². The van der Waals surface area contributed by atoms with Crippen LogP contribution in [0.5, 0.6) is 0 Å². The molecule has 0 atom stereocenters. The van der Waals surface area contributed by atoms with Gasteiger partial charge in [-0.15, -0.1) is 0 Å². The van der Waals surface area contributed by atoms with E-state index in [0.717, 1.165) is 25.7 Å². The second-order valence-corrected chi connectivity index (χ2v) is 5.85. The van der Waals surface area contributed by atoms with Crippen LogP contribution in [0.2, 0.25) is 0 Å². The highest BCUT2D eigenvalue weighted by Gasteiger charge is 2.41. The zero-order valence-electron chi connectivity index (χ0n) is 11.7. The lowest BCUT2D eigenvalue weighted by atomic mass is 9.91. The number of hydrogen-bond donors (Lipinski definition) is 2. The lowest BCUT2D eigenvalue weighted by Crippen LogP contribution is -2.63. The van der Waals surface area contributed by atoms with Gasteiger partial charge >= 0.3 is 0 Å². The number of amides is 2. The molecule has 0 bridgehead atoms. The van der Waals surface area contributed by atoms with E-state index in [9.17, 15) is 14.7 Å². The maximum atomic E-state index is 11.8. The van der Waals surface area contributed by atoms with E-state index in [4.69, 9.17) is 0 Å². The maximum Gasteiger partial charge on any atom is 0.224 e. The average molecular weight is 268 g/mol. The first-order valence-corrected chi connectivity index (χ1v) is 7.32. The lowest BCUT2D eigenvalue weighted by Gasteiger charge is -2.46. The molecule has 0 spiro atoms. The molecule has 1 heterocycles. The normalized spacial score (nSPS) is 22.1. The van der Waals surface area contributed by atoms with Gasteiger partial charge in [0.1, 0.15) is 0 Å². The van der Waals surface area contributed by atoms with Crippen molar-refractivity contribution in [3.63, 3.8) is 0 Å². The van der Waals surface area contributed by atoms with Gasteiger partial charge in [0.15, 0.2) is 0 Å². The second kappa shape index (κ2) is 5.90. The van der Waals surface area contributed by atoms with Crippen molar-refractivity contribution in [1.82, 2.24) is 10.2 Å². The fourth-order valence-electron chi connectivity index (χ4n) is 2.85. The predicted molar refractivity (Wildman–Crippen MR) is 71.4 cm³/mol. The van der Waals surface area contributed by atoms with Gasteiger partial charge < -0.3 is 15.3 Å². The first kappa shape index (κ1) is 14.3. The summed E-state index contributed by atoms with van der Waals surface area (Å²) in [7, 11) is 0. The van der Waals surface area contributed by atoms with Crippen LogP contribution in [0.3, 0.4) is 0 Å². The summed E-state index contributed by atoms with van der Waals surface area (Å²) in [6, 6.07) is 0. The van der Waals surface area contributed by atoms with Crippen molar-refractivity contribution in [1.29, 1.82) is 0 Å². The van der Waals surface area contributed by atoms with Crippen LogP contribution in [-0.2, 0) is 9.59 Å². The molecule has 2 amide bonds. The van der Waals surface area contributed by atoms with Crippen LogP contribution >= 0.6 is 0 Å². The maximum absolute atomic E-state index is 11.8. The van der Waals surface area contributed by atoms with Gasteiger partial charge in [-0.1, -0.05) is 19.8 Å². The summed E-state index contributed by atoms with van der Waals surface area (Å²) in [6.45, 7) is 3.19. The summed E-state index contributed by atoms with van der Waals surface area (Å²) in [6.07, 6.45) is 5.25. The Hall–Kier alpha value is -1.10. The van der Waals surface area contributed by atoms with Crippen molar-refractivity contribution in [2.45, 2.75) is 51.0 Å². The molecule has 0 aromatic heterocycles. The molecule has 5 heteroatoms. The highest BCUT2D eigenvalue weighted by atomic mass is 16.3. The number of nitrogens with zero attached hydrogens (tertiary/aromatic N) is 1. The van der Waals surface area contributed by atoms with Crippen LogP contribution in [0.25, 0.3) is 0 Å². The van der Waals surface area contributed by atoms with Crippen LogP contribution < -0.4 is 5.32 Å². The number of nitrogens with one attached hydrogen (secondary N) is 1. The van der Waals surface area contributed by atoms with Gasteiger partial charge in [-0.3, -0.25) is 9.59 Å². The molecule has 2 rings (SSSR count). The van der Waals surface area contributed by atoms with E-state index in [1.165, 1.54) is 0 Å². The Morgan fingerprint density at radius 2 is 1.95 bits per heavy atom. The third-order valence-corrected chi connectivity index (χ3v) is 4.35. The monoisotopic (exact) mass is 268 g/mol. The molecule has 1 saturated heterocycles. The first-order valence-electron chi connectivity index (χ1n) is 7.32. The fraction of sp³-hybridized carbons (Fsp3) is 0.857. The quantitative estimate of drug-likeness (QED) is 0.770. The SMILES string of the molecule is CCC1(O)CN(C(=O)CCNC(=O)C2CCCC2)C1. The average Bonchev–Trinajstić information content (AvgIpc) is 2.88. The first-order chi connectivity index (χ1) is 9.04. The van der Waals surface area contributed by atoms with Crippen molar-refractivity contribution in [3.8, 4) is 0 Å². The Kier molecular flexibility index (Phi) is 4.45. The van der Waals surface area contributed by atoms with Gasteiger partial charge in [0, 0.05) is 18.9 Å². The summed E-state index contributed by atoms with van der Waals surface area (Å²) < 4.78 is 0. The summed E-state index contributed by atoms with van der Waals surface area (Å²) >= 11 is 0. The molecule has 5 nitrogen and oxygen atoms in total. The Morgan fingerprint density at radius 3 is 2.53 bits per heavy atom. The van der Waals surface area contributed by atoms with Gasteiger partial charge in [0.05, 0.1) is 18.7 Å². The number of hydrogen-bond acceptors (Lipinski definition) is 3. The molecule has 0 unspecified atom stereocenters. The van der Waals surface area contributed by atoms with Gasteiger partial charge in [0.25, 0.3) is 0 Å². The molecule has 0 aromatic carbocycles. The highest BCUT2D eigenvalue weighted by molar-refractivity contribution is 5.81. The Balaban J connectivity index is 1.61. The van der Waals surface area contributed by atoms with Crippen LogP contribution in [0.1, 0.15) is 45.4 Å². The summed E-state index contributed by atoms with van der Waals surface area (Å²) in [5.74, 6) is 0.271. The fourth-order valence-corrected chi connectivity index (χ4v) is 2.85. The smallest absolute Gasteiger partial charge is 0.224 e. The van der Waals surface area contributed by atoms with Gasteiger partial charge in [-0.05, 0) is 19.3 Å². The van der Waals surface area contributed by atoms with E-state index in [-0.39, 0.29) is 17.7 Å². The highest BCUT2D eigenvalue weighted by Crippen LogP contribution is 2.25. The molecule has 1 aliphatic heterocycles. The largest absolute Gasteiger partial charge is 0.386 e. The summed E-state index contributed by atoms with van der Waals surface area (Å²) in [5, 5.41) is 12.7. The number of aliphatic hydroxyl groups is 1. The van der Waals surface area contributed by atoms with E-state index < -0.39 is 5.60 Å². The van der Waals surface area contributed by atoms with Crippen LogP contribution in [0.15, 0.2) is 0 Å². The Labute approximate surface area is 114 Å². The summed E-state index contributed by atoms with van der Waals surface area (Å²) in [5.41, 5.74) is -0.678. The lowest BCUT2D eigenvalue weighted by molar-refractivity contribution is -0.155. The second-order valence-electron chi connectivity index (χ2n) is 5.85. The number of likely N-dealkylation sites (tertiary alicyclic amines) is 1. The molecule has 0 aromatic rings.